The second kappa shape index (κ2) is 7.04. The summed E-state index contributed by atoms with van der Waals surface area (Å²) < 4.78 is 12.1. The molecule has 2 heterocycles. The number of allylic oxidation sites excluding steroid dienone is 1. The molecule has 6 nitrogen and oxygen atoms in total. The third kappa shape index (κ3) is 2.58. The van der Waals surface area contributed by atoms with E-state index in [0.29, 0.717) is 24.8 Å². The highest BCUT2D eigenvalue weighted by Crippen LogP contribution is 2.73. The summed E-state index contributed by atoms with van der Waals surface area (Å²) in [6.07, 6.45) is 5.68. The summed E-state index contributed by atoms with van der Waals surface area (Å²) in [4.78, 5) is 25.7. The predicted octanol–water partition coefficient (Wildman–Crippen LogP) is 3.35. The van der Waals surface area contributed by atoms with Crippen LogP contribution < -0.4 is 0 Å². The normalized spacial score (nSPS) is 54.6. The van der Waals surface area contributed by atoms with Gasteiger partial charge in [0.15, 0.2) is 5.78 Å². The van der Waals surface area contributed by atoms with Crippen LogP contribution in [0.5, 0.6) is 0 Å². The molecule has 12 atom stereocenters. The Labute approximate surface area is 201 Å². The van der Waals surface area contributed by atoms with Crippen LogP contribution in [0.1, 0.15) is 66.7 Å². The van der Waals surface area contributed by atoms with Crippen LogP contribution >= 0.6 is 0 Å². The van der Waals surface area contributed by atoms with Crippen molar-refractivity contribution in [2.24, 2.45) is 40.4 Å². The first-order valence-electron chi connectivity index (χ1n) is 13.1. The van der Waals surface area contributed by atoms with Crippen LogP contribution in [-0.2, 0) is 19.1 Å². The first-order chi connectivity index (χ1) is 16.0. The highest BCUT2D eigenvalue weighted by Gasteiger charge is 2.79. The number of carbonyl (C=O) groups excluding carboxylic acids is 2. The monoisotopic (exact) mass is 470 g/mol. The van der Waals surface area contributed by atoms with E-state index in [2.05, 4.69) is 13.8 Å². The number of ketones is 1. The molecule has 2 aliphatic heterocycles. The molecule has 4 fully saturated rings. The van der Waals surface area contributed by atoms with Crippen LogP contribution in [0, 0.1) is 40.4 Å². The lowest BCUT2D eigenvalue weighted by molar-refractivity contribution is -0.177. The van der Waals surface area contributed by atoms with Crippen molar-refractivity contribution in [1.82, 2.24) is 0 Å². The van der Waals surface area contributed by atoms with Gasteiger partial charge in [0.1, 0.15) is 11.7 Å². The number of aliphatic hydroxyl groups excluding tert-OH is 2. The number of hydrogen-bond acceptors (Lipinski definition) is 6. The number of cyclic esters (lactones) is 1. The van der Waals surface area contributed by atoms with E-state index in [9.17, 15) is 19.8 Å². The van der Waals surface area contributed by atoms with E-state index in [1.54, 1.807) is 6.08 Å². The smallest absolute Gasteiger partial charge is 0.333 e. The topological polar surface area (TPSA) is 96.4 Å². The Morgan fingerprint density at radius 3 is 2.56 bits per heavy atom. The second-order valence-electron chi connectivity index (χ2n) is 12.6. The fraction of sp³-hybridized carbons (Fsp3) is 0.786. The molecule has 0 bridgehead atoms. The van der Waals surface area contributed by atoms with Gasteiger partial charge >= 0.3 is 5.97 Å². The standard InChI is InChI=1S/C28H38O6/c1-13-9-20(33-25(32)14(13)2)15(3)17-11-19(29)24-16-10-23-28(34-23)8-6-7-21(30)27(28,5)18(16)12-22(31)26(17,24)4/h6-7,15-20,22-24,29,31H,8-12H2,1-5H3/t15-,16+,17+,18-,19?,20+,22?,23?,24+,26-,27-,28-/m0/s1. The van der Waals surface area contributed by atoms with Crippen molar-refractivity contribution in [2.45, 2.75) is 96.7 Å². The number of esters is 1. The zero-order valence-electron chi connectivity index (χ0n) is 20.9. The molecule has 3 saturated carbocycles. The number of hydrogen-bond donors (Lipinski definition) is 2. The Bertz CT molecular complexity index is 1010. The van der Waals surface area contributed by atoms with Gasteiger partial charge in [0.05, 0.1) is 23.7 Å². The summed E-state index contributed by atoms with van der Waals surface area (Å²) in [6.45, 7) is 10.1. The van der Waals surface area contributed by atoms with Gasteiger partial charge in [0.25, 0.3) is 0 Å². The molecule has 6 rings (SSSR count). The van der Waals surface area contributed by atoms with Crippen LogP contribution in [0.4, 0.5) is 0 Å². The minimum atomic E-state index is -0.653. The molecule has 186 valence electrons. The zero-order valence-corrected chi connectivity index (χ0v) is 20.9. The molecular formula is C28H38O6. The molecule has 0 aromatic rings. The van der Waals surface area contributed by atoms with E-state index in [1.807, 2.05) is 26.8 Å². The molecule has 6 heteroatoms. The average Bonchev–Trinajstić information content (AvgIpc) is 3.42. The number of rotatable bonds is 2. The zero-order chi connectivity index (χ0) is 24.4. The van der Waals surface area contributed by atoms with Crippen molar-refractivity contribution in [3.63, 3.8) is 0 Å². The lowest BCUT2D eigenvalue weighted by Crippen LogP contribution is -2.64. The summed E-state index contributed by atoms with van der Waals surface area (Å²) in [7, 11) is 0. The summed E-state index contributed by atoms with van der Waals surface area (Å²) >= 11 is 0. The quantitative estimate of drug-likeness (QED) is 0.475. The summed E-state index contributed by atoms with van der Waals surface area (Å²) in [6, 6.07) is 0. The largest absolute Gasteiger partial charge is 0.458 e. The van der Waals surface area contributed by atoms with E-state index in [1.165, 1.54) is 0 Å². The predicted molar refractivity (Wildman–Crippen MR) is 124 cm³/mol. The van der Waals surface area contributed by atoms with E-state index in [0.717, 1.165) is 18.4 Å². The van der Waals surface area contributed by atoms with E-state index >= 15 is 0 Å². The Morgan fingerprint density at radius 2 is 1.85 bits per heavy atom. The SMILES string of the molecule is CC1=C(C)C(=O)O[C@@H]([C@@H](C)[C@H]2CC(O)[C@H]3[C@@H]4CC5O[C@@]56CC=CC(=O)[C@]6(C)[C@H]4CC(O)[C@]23C)C1. The Kier molecular flexibility index (Phi) is 4.75. The molecule has 3 unspecified atom stereocenters. The third-order valence-electron chi connectivity index (χ3n) is 11.7. The van der Waals surface area contributed by atoms with Crippen LogP contribution in [-0.4, -0.2) is 52.0 Å². The molecule has 2 N–H and O–H groups in total. The van der Waals surface area contributed by atoms with Gasteiger partial charge in [-0.05, 0) is 82.1 Å². The van der Waals surface area contributed by atoms with E-state index < -0.39 is 28.6 Å². The Hall–Kier alpha value is -1.50. The van der Waals surface area contributed by atoms with E-state index in [4.69, 9.17) is 9.47 Å². The number of ether oxygens (including phenoxy) is 2. The molecular weight excluding hydrogens is 432 g/mol. The highest BCUT2D eigenvalue weighted by atomic mass is 16.6. The molecule has 4 aliphatic carbocycles. The van der Waals surface area contributed by atoms with Crippen molar-refractivity contribution >= 4 is 11.8 Å². The lowest BCUT2D eigenvalue weighted by atomic mass is 9.44. The van der Waals surface area contributed by atoms with Gasteiger partial charge in [-0.2, -0.15) is 0 Å². The molecule has 0 radical (unpaired) electrons. The number of fused-ring (bicyclic) bond motifs is 4. The Balaban J connectivity index is 1.34. The van der Waals surface area contributed by atoms with Gasteiger partial charge in [-0.25, -0.2) is 4.79 Å². The maximum absolute atomic E-state index is 13.3. The van der Waals surface area contributed by atoms with Crippen molar-refractivity contribution in [1.29, 1.82) is 0 Å². The molecule has 0 aromatic heterocycles. The first kappa shape index (κ1) is 22.9. The fourth-order valence-corrected chi connectivity index (χ4v) is 9.44. The van der Waals surface area contributed by atoms with Crippen LogP contribution in [0.3, 0.4) is 0 Å². The van der Waals surface area contributed by atoms with Crippen molar-refractivity contribution in [2.75, 3.05) is 0 Å². The third-order valence-corrected chi connectivity index (χ3v) is 11.7. The fourth-order valence-electron chi connectivity index (χ4n) is 9.44. The van der Waals surface area contributed by atoms with E-state index in [-0.39, 0.29) is 53.6 Å². The summed E-state index contributed by atoms with van der Waals surface area (Å²) in [5.74, 6) is -0.108. The minimum absolute atomic E-state index is 0.0116. The van der Waals surface area contributed by atoms with Gasteiger partial charge in [-0.1, -0.05) is 25.5 Å². The van der Waals surface area contributed by atoms with Crippen molar-refractivity contribution < 1.29 is 29.3 Å². The average molecular weight is 471 g/mol. The van der Waals surface area contributed by atoms with Gasteiger partial charge in [-0.15, -0.1) is 0 Å². The molecule has 1 saturated heterocycles. The summed E-state index contributed by atoms with van der Waals surface area (Å²) in [5.41, 5.74) is 0.161. The lowest BCUT2D eigenvalue weighted by Gasteiger charge is -2.59. The van der Waals surface area contributed by atoms with Gasteiger partial charge < -0.3 is 19.7 Å². The Morgan fingerprint density at radius 1 is 1.12 bits per heavy atom. The van der Waals surface area contributed by atoms with Crippen molar-refractivity contribution in [3.05, 3.63) is 23.3 Å². The first-order valence-corrected chi connectivity index (χ1v) is 13.1. The van der Waals surface area contributed by atoms with Crippen molar-refractivity contribution in [3.8, 4) is 0 Å². The van der Waals surface area contributed by atoms with Crippen LogP contribution in [0.2, 0.25) is 0 Å². The molecule has 34 heavy (non-hydrogen) atoms. The number of carbonyl (C=O) groups is 2. The molecule has 0 aromatic carbocycles. The number of epoxide rings is 1. The van der Waals surface area contributed by atoms with Crippen LogP contribution in [0.25, 0.3) is 0 Å². The second-order valence-corrected chi connectivity index (χ2v) is 12.6. The maximum Gasteiger partial charge on any atom is 0.333 e. The van der Waals surface area contributed by atoms with Gasteiger partial charge in [-0.3, -0.25) is 4.79 Å². The molecule has 1 spiro atoms. The van der Waals surface area contributed by atoms with Gasteiger partial charge in [0.2, 0.25) is 0 Å². The molecule has 0 amide bonds. The minimum Gasteiger partial charge on any atom is -0.458 e. The van der Waals surface area contributed by atoms with Crippen LogP contribution in [0.15, 0.2) is 23.3 Å². The summed E-state index contributed by atoms with van der Waals surface area (Å²) in [5, 5.41) is 23.2. The van der Waals surface area contributed by atoms with Gasteiger partial charge in [0, 0.05) is 17.4 Å². The number of aliphatic hydroxyl groups is 2. The maximum atomic E-state index is 13.3. The highest BCUT2D eigenvalue weighted by molar-refractivity contribution is 5.97. The molecule has 6 aliphatic rings.